The number of hydrogen-bond donors (Lipinski definition) is 0. The highest BCUT2D eigenvalue weighted by molar-refractivity contribution is 9.10. The van der Waals surface area contributed by atoms with Crippen LogP contribution in [0.2, 0.25) is 0 Å². The number of carbonyl (C=O) groups is 1. The van der Waals surface area contributed by atoms with E-state index in [2.05, 4.69) is 26.0 Å². The highest BCUT2D eigenvalue weighted by Crippen LogP contribution is 2.18. The number of aromatic nitrogens is 3. The third kappa shape index (κ3) is 2.47. The van der Waals surface area contributed by atoms with E-state index >= 15 is 0 Å². The van der Waals surface area contributed by atoms with Crippen LogP contribution >= 0.6 is 15.9 Å². The SMILES string of the molecule is O=C(Cn1ncc2ncc(Br)cc21)N1CC[C@@H](F)C1. The average molecular weight is 327 g/mol. The largest absolute Gasteiger partial charge is 0.338 e. The summed E-state index contributed by atoms with van der Waals surface area (Å²) in [5.74, 6) is -0.106. The second-order valence-corrected chi connectivity index (χ2v) is 5.50. The molecule has 1 saturated heterocycles. The summed E-state index contributed by atoms with van der Waals surface area (Å²) in [4.78, 5) is 17.8. The maximum Gasteiger partial charge on any atom is 0.244 e. The minimum Gasteiger partial charge on any atom is -0.338 e. The van der Waals surface area contributed by atoms with E-state index in [1.807, 2.05) is 6.07 Å². The first kappa shape index (κ1) is 12.5. The molecule has 5 nitrogen and oxygen atoms in total. The molecule has 7 heteroatoms. The molecule has 2 aromatic rings. The van der Waals surface area contributed by atoms with Crippen molar-refractivity contribution in [1.82, 2.24) is 19.7 Å². The molecule has 0 unspecified atom stereocenters. The molecule has 0 N–H and O–H groups in total. The molecule has 3 heterocycles. The smallest absolute Gasteiger partial charge is 0.244 e. The number of fused-ring (bicyclic) bond motifs is 1. The first-order chi connectivity index (χ1) is 9.13. The van der Waals surface area contributed by atoms with Gasteiger partial charge in [0.05, 0.1) is 18.3 Å². The van der Waals surface area contributed by atoms with Gasteiger partial charge in [-0.15, -0.1) is 0 Å². The summed E-state index contributed by atoms with van der Waals surface area (Å²) >= 11 is 3.34. The van der Waals surface area contributed by atoms with Crippen LogP contribution in [0.1, 0.15) is 6.42 Å². The number of alkyl halides is 1. The lowest BCUT2D eigenvalue weighted by molar-refractivity contribution is -0.131. The number of halogens is 2. The predicted molar refractivity (Wildman–Crippen MR) is 71.3 cm³/mol. The molecule has 19 heavy (non-hydrogen) atoms. The molecule has 0 aromatic carbocycles. The van der Waals surface area contributed by atoms with Gasteiger partial charge in [-0.05, 0) is 28.4 Å². The highest BCUT2D eigenvalue weighted by atomic mass is 79.9. The van der Waals surface area contributed by atoms with Gasteiger partial charge in [-0.3, -0.25) is 14.5 Å². The van der Waals surface area contributed by atoms with Gasteiger partial charge in [-0.1, -0.05) is 0 Å². The van der Waals surface area contributed by atoms with Crippen molar-refractivity contribution in [2.24, 2.45) is 0 Å². The molecule has 0 radical (unpaired) electrons. The van der Waals surface area contributed by atoms with E-state index in [-0.39, 0.29) is 19.0 Å². The van der Waals surface area contributed by atoms with Crippen molar-refractivity contribution in [2.75, 3.05) is 13.1 Å². The van der Waals surface area contributed by atoms with Crippen LogP contribution in [-0.4, -0.2) is 44.8 Å². The summed E-state index contributed by atoms with van der Waals surface area (Å²) in [6.07, 6.45) is 2.84. The summed E-state index contributed by atoms with van der Waals surface area (Å²) in [5.41, 5.74) is 1.53. The first-order valence-electron chi connectivity index (χ1n) is 6.02. The monoisotopic (exact) mass is 326 g/mol. The normalized spacial score (nSPS) is 19.3. The standard InChI is InChI=1S/C12H12BrFN4O/c13-8-3-11-10(15-4-8)5-16-18(11)7-12(19)17-2-1-9(14)6-17/h3-5,9H,1-2,6-7H2/t9-/m1/s1. The van der Waals surface area contributed by atoms with E-state index in [1.165, 1.54) is 0 Å². The summed E-state index contributed by atoms with van der Waals surface area (Å²) in [7, 11) is 0. The van der Waals surface area contributed by atoms with Gasteiger partial charge < -0.3 is 4.90 Å². The highest BCUT2D eigenvalue weighted by Gasteiger charge is 2.26. The van der Waals surface area contributed by atoms with Crippen molar-refractivity contribution in [3.05, 3.63) is 22.9 Å². The van der Waals surface area contributed by atoms with Crippen LogP contribution in [0.5, 0.6) is 0 Å². The minimum atomic E-state index is -0.894. The molecule has 1 fully saturated rings. The zero-order valence-corrected chi connectivity index (χ0v) is 11.7. The predicted octanol–water partition coefficient (Wildman–Crippen LogP) is 1.76. The third-order valence-electron chi connectivity index (χ3n) is 3.23. The van der Waals surface area contributed by atoms with E-state index in [1.54, 1.807) is 22.0 Å². The van der Waals surface area contributed by atoms with Gasteiger partial charge >= 0.3 is 0 Å². The molecule has 1 aliphatic rings. The number of amides is 1. The van der Waals surface area contributed by atoms with Crippen LogP contribution in [0.25, 0.3) is 11.0 Å². The summed E-state index contributed by atoms with van der Waals surface area (Å²) < 4.78 is 15.5. The maximum atomic E-state index is 13.1. The molecule has 1 aliphatic heterocycles. The van der Waals surface area contributed by atoms with Crippen molar-refractivity contribution in [1.29, 1.82) is 0 Å². The minimum absolute atomic E-state index is 0.106. The fraction of sp³-hybridized carbons (Fsp3) is 0.417. The number of carbonyl (C=O) groups excluding carboxylic acids is 1. The summed E-state index contributed by atoms with van der Waals surface area (Å²) in [5, 5.41) is 4.16. The number of pyridine rings is 1. The molecule has 100 valence electrons. The molecule has 1 atom stereocenters. The lowest BCUT2D eigenvalue weighted by Gasteiger charge is -2.15. The molecule has 0 spiro atoms. The Morgan fingerprint density at radius 1 is 1.53 bits per heavy atom. The molecule has 0 aliphatic carbocycles. The Labute approximate surface area is 117 Å². The summed E-state index contributed by atoms with van der Waals surface area (Å²) in [6, 6.07) is 1.87. The van der Waals surface area contributed by atoms with Gasteiger partial charge in [-0.25, -0.2) is 4.39 Å². The van der Waals surface area contributed by atoms with Crippen LogP contribution in [0.4, 0.5) is 4.39 Å². The third-order valence-corrected chi connectivity index (χ3v) is 3.66. The van der Waals surface area contributed by atoms with Gasteiger partial charge in [0.25, 0.3) is 0 Å². The Morgan fingerprint density at radius 2 is 2.37 bits per heavy atom. The van der Waals surface area contributed by atoms with Gasteiger partial charge in [0.2, 0.25) is 5.91 Å². The van der Waals surface area contributed by atoms with Gasteiger partial charge in [0.15, 0.2) is 0 Å². The Kier molecular flexibility index (Phi) is 3.22. The molecule has 0 saturated carbocycles. The number of likely N-dealkylation sites (tertiary alicyclic amines) is 1. The van der Waals surface area contributed by atoms with Crippen molar-refractivity contribution < 1.29 is 9.18 Å². The first-order valence-corrected chi connectivity index (χ1v) is 6.81. The zero-order chi connectivity index (χ0) is 13.4. The quantitative estimate of drug-likeness (QED) is 0.845. The topological polar surface area (TPSA) is 51.0 Å². The molecule has 3 rings (SSSR count). The van der Waals surface area contributed by atoms with Gasteiger partial charge in [-0.2, -0.15) is 5.10 Å². The number of nitrogens with zero attached hydrogens (tertiary/aromatic N) is 4. The Morgan fingerprint density at radius 3 is 3.11 bits per heavy atom. The van der Waals surface area contributed by atoms with Crippen LogP contribution < -0.4 is 0 Å². The average Bonchev–Trinajstić information content (AvgIpc) is 2.97. The Bertz CT molecular complexity index is 629. The number of hydrogen-bond acceptors (Lipinski definition) is 3. The number of rotatable bonds is 2. The maximum absolute atomic E-state index is 13.1. The summed E-state index contributed by atoms with van der Waals surface area (Å²) in [6.45, 7) is 0.801. The van der Waals surface area contributed by atoms with Gasteiger partial charge in [0.1, 0.15) is 18.2 Å². The van der Waals surface area contributed by atoms with Crippen LogP contribution in [0, 0.1) is 0 Å². The van der Waals surface area contributed by atoms with Crippen molar-refractivity contribution >= 4 is 32.9 Å². The van der Waals surface area contributed by atoms with Crippen molar-refractivity contribution in [3.8, 4) is 0 Å². The van der Waals surface area contributed by atoms with Crippen LogP contribution in [0.3, 0.4) is 0 Å². The second-order valence-electron chi connectivity index (χ2n) is 4.59. The fourth-order valence-electron chi connectivity index (χ4n) is 2.23. The molecule has 1 amide bonds. The Balaban J connectivity index is 1.81. The van der Waals surface area contributed by atoms with Gasteiger partial charge in [0, 0.05) is 17.2 Å². The lowest BCUT2D eigenvalue weighted by Crippen LogP contribution is -2.32. The molecule has 0 bridgehead atoms. The van der Waals surface area contributed by atoms with Crippen molar-refractivity contribution in [2.45, 2.75) is 19.1 Å². The molecular formula is C12H12BrFN4O. The molecule has 2 aromatic heterocycles. The van der Waals surface area contributed by atoms with E-state index in [9.17, 15) is 9.18 Å². The lowest BCUT2D eigenvalue weighted by atomic mass is 10.3. The van der Waals surface area contributed by atoms with Crippen molar-refractivity contribution in [3.63, 3.8) is 0 Å². The Hall–Kier alpha value is -1.50. The molecular weight excluding hydrogens is 315 g/mol. The van der Waals surface area contributed by atoms with E-state index in [0.717, 1.165) is 15.5 Å². The second kappa shape index (κ2) is 4.88. The van der Waals surface area contributed by atoms with Crippen LogP contribution in [-0.2, 0) is 11.3 Å². The fourth-order valence-corrected chi connectivity index (χ4v) is 2.55. The zero-order valence-electron chi connectivity index (χ0n) is 10.1. The van der Waals surface area contributed by atoms with E-state index in [4.69, 9.17) is 0 Å². The van der Waals surface area contributed by atoms with E-state index in [0.29, 0.717) is 13.0 Å². The van der Waals surface area contributed by atoms with E-state index < -0.39 is 6.17 Å². The van der Waals surface area contributed by atoms with Crippen LogP contribution in [0.15, 0.2) is 22.9 Å².